The normalized spacial score (nSPS) is 17.9. The molecule has 2 aromatic rings. The first-order valence-electron chi connectivity index (χ1n) is 12.0. The third-order valence-corrected chi connectivity index (χ3v) is 7.00. The lowest BCUT2D eigenvalue weighted by Gasteiger charge is -2.30. The average molecular weight is 465 g/mol. The lowest BCUT2D eigenvalue weighted by Crippen LogP contribution is -2.46. The summed E-state index contributed by atoms with van der Waals surface area (Å²) in [5.74, 6) is -1.47. The second-order valence-electron chi connectivity index (χ2n) is 9.48. The van der Waals surface area contributed by atoms with Crippen LogP contribution in [0.3, 0.4) is 0 Å². The van der Waals surface area contributed by atoms with E-state index < -0.39 is 18.0 Å². The highest BCUT2D eigenvalue weighted by Gasteiger charge is 2.36. The molecule has 4 rings (SSSR count). The minimum atomic E-state index is -0.900. The van der Waals surface area contributed by atoms with E-state index in [0.717, 1.165) is 17.5 Å². The van der Waals surface area contributed by atoms with Gasteiger partial charge in [-0.3, -0.25) is 9.59 Å². The highest BCUT2D eigenvalue weighted by molar-refractivity contribution is 5.82. The number of alkyl carbamates (subject to hydrolysis) is 1. The van der Waals surface area contributed by atoms with Crippen molar-refractivity contribution in [2.24, 2.45) is 11.8 Å². The van der Waals surface area contributed by atoms with Crippen LogP contribution in [0.5, 0.6) is 0 Å². The summed E-state index contributed by atoms with van der Waals surface area (Å²) >= 11 is 0. The number of carboxylic acids is 1. The van der Waals surface area contributed by atoms with Gasteiger partial charge in [0.25, 0.3) is 0 Å². The number of carbonyl (C=O) groups excluding carboxylic acids is 2. The number of rotatable bonds is 8. The first-order chi connectivity index (χ1) is 16.4. The lowest BCUT2D eigenvalue weighted by atomic mass is 9.93. The zero-order valence-electron chi connectivity index (χ0n) is 19.7. The summed E-state index contributed by atoms with van der Waals surface area (Å²) in [5, 5.41) is 11.9. The smallest absolute Gasteiger partial charge is 0.407 e. The number of ether oxygens (including phenoxy) is 1. The topological polar surface area (TPSA) is 95.9 Å². The van der Waals surface area contributed by atoms with Crippen LogP contribution in [-0.4, -0.2) is 53.7 Å². The summed E-state index contributed by atoms with van der Waals surface area (Å²) in [6.45, 7) is 4.80. The fraction of sp³-hybridized carbons (Fsp3) is 0.444. The van der Waals surface area contributed by atoms with Crippen LogP contribution in [0.1, 0.15) is 50.2 Å². The molecule has 1 heterocycles. The molecule has 1 saturated heterocycles. The van der Waals surface area contributed by atoms with E-state index in [2.05, 4.69) is 29.6 Å². The number of nitrogens with zero attached hydrogens (tertiary/aromatic N) is 1. The molecule has 0 spiro atoms. The van der Waals surface area contributed by atoms with Crippen LogP contribution >= 0.6 is 0 Å². The van der Waals surface area contributed by atoms with Gasteiger partial charge in [-0.1, -0.05) is 62.4 Å². The minimum Gasteiger partial charge on any atom is -0.481 e. The number of benzene rings is 2. The van der Waals surface area contributed by atoms with Crippen LogP contribution in [0.4, 0.5) is 4.79 Å². The van der Waals surface area contributed by atoms with Gasteiger partial charge in [0.2, 0.25) is 5.91 Å². The number of hydrogen-bond acceptors (Lipinski definition) is 4. The quantitative estimate of drug-likeness (QED) is 0.609. The van der Waals surface area contributed by atoms with Crippen molar-refractivity contribution in [3.63, 3.8) is 0 Å². The lowest BCUT2D eigenvalue weighted by molar-refractivity contribution is -0.141. The Morgan fingerprint density at radius 3 is 2.26 bits per heavy atom. The molecular formula is C27H32N2O5. The predicted octanol–water partition coefficient (Wildman–Crippen LogP) is 4.26. The van der Waals surface area contributed by atoms with E-state index in [1.807, 2.05) is 38.1 Å². The summed E-state index contributed by atoms with van der Waals surface area (Å²) in [6.07, 6.45) is 0.900. The molecule has 0 saturated carbocycles. The monoisotopic (exact) mass is 464 g/mol. The molecule has 0 aromatic heterocycles. The van der Waals surface area contributed by atoms with Crippen molar-refractivity contribution in [1.82, 2.24) is 10.2 Å². The second-order valence-corrected chi connectivity index (χ2v) is 9.48. The van der Waals surface area contributed by atoms with Crippen molar-refractivity contribution >= 4 is 18.0 Å². The van der Waals surface area contributed by atoms with Gasteiger partial charge < -0.3 is 20.1 Å². The standard InChI is InChI=1S/C27H32N2O5/c1-17(2)23(26(32)29-13-7-8-18(29)14-25(30)31)15-28-27(33)34-16-24-21-11-5-3-9-19(21)20-10-4-6-12-22(20)24/h3-6,9-12,17-18,23-24H,7-8,13-16H2,1-2H3,(H,28,33)(H,30,31)/t18-,23?/m1/s1. The van der Waals surface area contributed by atoms with Gasteiger partial charge in [-0.25, -0.2) is 4.79 Å². The van der Waals surface area contributed by atoms with E-state index in [9.17, 15) is 14.4 Å². The molecular weight excluding hydrogens is 432 g/mol. The van der Waals surface area contributed by atoms with Gasteiger partial charge in [-0.05, 0) is 41.0 Å². The fourth-order valence-corrected chi connectivity index (χ4v) is 5.20. The zero-order chi connectivity index (χ0) is 24.2. The Kier molecular flexibility index (Phi) is 7.20. The summed E-state index contributed by atoms with van der Waals surface area (Å²) in [6, 6.07) is 16.0. The molecule has 0 bridgehead atoms. The Hall–Kier alpha value is -3.35. The maximum absolute atomic E-state index is 13.2. The highest BCUT2D eigenvalue weighted by atomic mass is 16.5. The van der Waals surface area contributed by atoms with Crippen molar-refractivity contribution in [3.05, 3.63) is 59.7 Å². The molecule has 2 atom stereocenters. The maximum Gasteiger partial charge on any atom is 0.407 e. The molecule has 1 unspecified atom stereocenters. The molecule has 1 aliphatic carbocycles. The van der Waals surface area contributed by atoms with E-state index in [4.69, 9.17) is 9.84 Å². The van der Waals surface area contributed by atoms with Crippen LogP contribution < -0.4 is 5.32 Å². The van der Waals surface area contributed by atoms with Gasteiger partial charge in [0.15, 0.2) is 0 Å². The Labute approximate surface area is 200 Å². The van der Waals surface area contributed by atoms with Gasteiger partial charge >= 0.3 is 12.1 Å². The Balaban J connectivity index is 1.36. The van der Waals surface area contributed by atoms with Crippen LogP contribution in [-0.2, 0) is 14.3 Å². The number of carboxylic acid groups (broad SMARTS) is 1. The predicted molar refractivity (Wildman–Crippen MR) is 128 cm³/mol. The number of nitrogens with one attached hydrogen (secondary N) is 1. The van der Waals surface area contributed by atoms with E-state index in [-0.39, 0.29) is 43.4 Å². The summed E-state index contributed by atoms with van der Waals surface area (Å²) in [5.41, 5.74) is 4.62. The average Bonchev–Trinajstić information content (AvgIpc) is 3.39. The number of aliphatic carboxylic acids is 1. The van der Waals surface area contributed by atoms with Gasteiger partial charge in [0, 0.05) is 25.0 Å². The number of likely N-dealkylation sites (tertiary alicyclic amines) is 1. The molecule has 7 heteroatoms. The molecule has 7 nitrogen and oxygen atoms in total. The molecule has 2 aromatic carbocycles. The van der Waals surface area contributed by atoms with Crippen molar-refractivity contribution in [2.75, 3.05) is 19.7 Å². The van der Waals surface area contributed by atoms with Crippen molar-refractivity contribution in [3.8, 4) is 11.1 Å². The zero-order valence-corrected chi connectivity index (χ0v) is 19.7. The molecule has 34 heavy (non-hydrogen) atoms. The molecule has 2 N–H and O–H groups in total. The first kappa shape index (κ1) is 23.8. The third-order valence-electron chi connectivity index (χ3n) is 7.00. The van der Waals surface area contributed by atoms with Gasteiger partial charge in [-0.2, -0.15) is 0 Å². The van der Waals surface area contributed by atoms with Crippen molar-refractivity contribution in [2.45, 2.75) is 45.1 Å². The number of hydrogen-bond donors (Lipinski definition) is 2. The largest absolute Gasteiger partial charge is 0.481 e. The van der Waals surface area contributed by atoms with E-state index >= 15 is 0 Å². The number of carbonyl (C=O) groups is 3. The Bertz CT molecular complexity index is 1020. The number of amides is 2. The van der Waals surface area contributed by atoms with Crippen LogP contribution in [0.25, 0.3) is 11.1 Å². The van der Waals surface area contributed by atoms with Crippen molar-refractivity contribution in [1.29, 1.82) is 0 Å². The fourth-order valence-electron chi connectivity index (χ4n) is 5.20. The van der Waals surface area contributed by atoms with Crippen LogP contribution in [0, 0.1) is 11.8 Å². The second kappa shape index (κ2) is 10.3. The molecule has 1 aliphatic heterocycles. The molecule has 0 radical (unpaired) electrons. The maximum atomic E-state index is 13.2. The summed E-state index contributed by atoms with van der Waals surface area (Å²) < 4.78 is 5.60. The third kappa shape index (κ3) is 4.93. The molecule has 1 fully saturated rings. The Morgan fingerprint density at radius 2 is 1.68 bits per heavy atom. The summed E-state index contributed by atoms with van der Waals surface area (Å²) in [7, 11) is 0. The molecule has 2 amide bonds. The van der Waals surface area contributed by atoms with E-state index in [0.29, 0.717) is 13.0 Å². The van der Waals surface area contributed by atoms with Gasteiger partial charge in [0.05, 0.1) is 12.3 Å². The highest BCUT2D eigenvalue weighted by Crippen LogP contribution is 2.44. The van der Waals surface area contributed by atoms with Crippen molar-refractivity contribution < 1.29 is 24.2 Å². The van der Waals surface area contributed by atoms with Gasteiger partial charge in [-0.15, -0.1) is 0 Å². The van der Waals surface area contributed by atoms with Gasteiger partial charge in [0.1, 0.15) is 6.61 Å². The Morgan fingerprint density at radius 1 is 1.06 bits per heavy atom. The van der Waals surface area contributed by atoms with Crippen LogP contribution in [0.2, 0.25) is 0 Å². The minimum absolute atomic E-state index is 0.00698. The van der Waals surface area contributed by atoms with E-state index in [1.54, 1.807) is 4.90 Å². The molecule has 2 aliphatic rings. The van der Waals surface area contributed by atoms with E-state index in [1.165, 1.54) is 11.1 Å². The summed E-state index contributed by atoms with van der Waals surface area (Å²) in [4.78, 5) is 38.6. The first-order valence-corrected chi connectivity index (χ1v) is 12.0. The number of fused-ring (bicyclic) bond motifs is 3. The SMILES string of the molecule is CC(C)C(CNC(=O)OCC1c2ccccc2-c2ccccc21)C(=O)N1CCC[C@@H]1CC(=O)O. The molecule has 180 valence electrons. The van der Waals surface area contributed by atoms with Crippen LogP contribution in [0.15, 0.2) is 48.5 Å².